The SMILES string of the molecule is CCOC1CCN(C(=O)C2CCCN2C(=O)C23CC4CC(CC(C4)C2)C3)CC1. The van der Waals surface area contributed by atoms with Crippen molar-refractivity contribution < 1.29 is 14.3 Å². The van der Waals surface area contributed by atoms with Crippen LogP contribution in [-0.4, -0.2) is 60.0 Å². The molecular formula is C23H36N2O3. The van der Waals surface area contributed by atoms with Gasteiger partial charge < -0.3 is 14.5 Å². The highest BCUT2D eigenvalue weighted by molar-refractivity contribution is 5.91. The highest BCUT2D eigenvalue weighted by atomic mass is 16.5. The maximum atomic E-state index is 13.8. The zero-order valence-electron chi connectivity index (χ0n) is 17.4. The van der Waals surface area contributed by atoms with E-state index in [-0.39, 0.29) is 17.4 Å². The summed E-state index contributed by atoms with van der Waals surface area (Å²) >= 11 is 0. The maximum absolute atomic E-state index is 13.8. The molecule has 1 unspecified atom stereocenters. The molecule has 2 heterocycles. The largest absolute Gasteiger partial charge is 0.378 e. The quantitative estimate of drug-likeness (QED) is 0.743. The fourth-order valence-electron chi connectivity index (χ4n) is 7.63. The molecule has 28 heavy (non-hydrogen) atoms. The smallest absolute Gasteiger partial charge is 0.245 e. The number of piperidine rings is 1. The Morgan fingerprint density at radius 3 is 2.11 bits per heavy atom. The van der Waals surface area contributed by atoms with Crippen molar-refractivity contribution in [3.8, 4) is 0 Å². The van der Waals surface area contributed by atoms with Crippen LogP contribution < -0.4 is 0 Å². The lowest BCUT2D eigenvalue weighted by atomic mass is 9.49. The molecule has 6 rings (SSSR count). The molecule has 4 aliphatic carbocycles. The van der Waals surface area contributed by atoms with Crippen molar-refractivity contribution in [1.82, 2.24) is 9.80 Å². The summed E-state index contributed by atoms with van der Waals surface area (Å²) in [4.78, 5) is 31.1. The van der Waals surface area contributed by atoms with Crippen LogP contribution in [0.4, 0.5) is 0 Å². The summed E-state index contributed by atoms with van der Waals surface area (Å²) in [7, 11) is 0. The van der Waals surface area contributed by atoms with E-state index in [2.05, 4.69) is 0 Å². The van der Waals surface area contributed by atoms with Crippen LogP contribution in [0.25, 0.3) is 0 Å². The van der Waals surface area contributed by atoms with Gasteiger partial charge in [0.25, 0.3) is 0 Å². The molecule has 1 atom stereocenters. The molecular weight excluding hydrogens is 352 g/mol. The van der Waals surface area contributed by atoms with Crippen molar-refractivity contribution >= 4 is 11.8 Å². The Labute approximate surface area is 169 Å². The summed E-state index contributed by atoms with van der Waals surface area (Å²) in [6.07, 6.45) is 11.3. The van der Waals surface area contributed by atoms with Gasteiger partial charge in [-0.25, -0.2) is 0 Å². The lowest BCUT2D eigenvalue weighted by Crippen LogP contribution is -2.58. The second kappa shape index (κ2) is 7.30. The normalized spacial score (nSPS) is 40.3. The molecule has 156 valence electrons. The second-order valence-electron chi connectivity index (χ2n) is 10.3. The molecule has 0 N–H and O–H groups in total. The van der Waals surface area contributed by atoms with Crippen molar-refractivity contribution in [3.63, 3.8) is 0 Å². The predicted octanol–water partition coefficient (Wildman–Crippen LogP) is 3.22. The number of hydrogen-bond acceptors (Lipinski definition) is 3. The van der Waals surface area contributed by atoms with Gasteiger partial charge in [0.1, 0.15) is 6.04 Å². The Morgan fingerprint density at radius 1 is 0.929 bits per heavy atom. The van der Waals surface area contributed by atoms with Crippen LogP contribution in [0.2, 0.25) is 0 Å². The average Bonchev–Trinajstić information content (AvgIpc) is 3.16. The number of likely N-dealkylation sites (tertiary alicyclic amines) is 2. The van der Waals surface area contributed by atoms with E-state index in [4.69, 9.17) is 4.74 Å². The predicted molar refractivity (Wildman–Crippen MR) is 107 cm³/mol. The van der Waals surface area contributed by atoms with E-state index in [1.807, 2.05) is 16.7 Å². The van der Waals surface area contributed by atoms with Gasteiger partial charge >= 0.3 is 0 Å². The van der Waals surface area contributed by atoms with Gasteiger partial charge in [0.2, 0.25) is 11.8 Å². The van der Waals surface area contributed by atoms with E-state index >= 15 is 0 Å². The van der Waals surface area contributed by atoms with Gasteiger partial charge in [0, 0.05) is 26.2 Å². The van der Waals surface area contributed by atoms with Crippen molar-refractivity contribution in [1.29, 1.82) is 0 Å². The molecule has 5 heteroatoms. The summed E-state index contributed by atoms with van der Waals surface area (Å²) in [5.74, 6) is 2.84. The van der Waals surface area contributed by atoms with E-state index in [1.165, 1.54) is 19.3 Å². The molecule has 6 aliphatic rings. The van der Waals surface area contributed by atoms with Crippen molar-refractivity contribution in [3.05, 3.63) is 0 Å². The Balaban J connectivity index is 1.27. The molecule has 2 amide bonds. The third-order valence-corrected chi connectivity index (χ3v) is 8.45. The van der Waals surface area contributed by atoms with Crippen molar-refractivity contribution in [2.24, 2.45) is 23.2 Å². The fraction of sp³-hybridized carbons (Fsp3) is 0.913. The number of amides is 2. The lowest BCUT2D eigenvalue weighted by molar-refractivity contribution is -0.162. The first-order chi connectivity index (χ1) is 13.6. The van der Waals surface area contributed by atoms with Gasteiger partial charge in [0.05, 0.1) is 11.5 Å². The topological polar surface area (TPSA) is 49.9 Å². The Bertz CT molecular complexity index is 590. The van der Waals surface area contributed by atoms with Crippen LogP contribution in [0.3, 0.4) is 0 Å². The van der Waals surface area contributed by atoms with Crippen LogP contribution in [-0.2, 0) is 14.3 Å². The van der Waals surface area contributed by atoms with Crippen molar-refractivity contribution in [2.45, 2.75) is 83.3 Å². The van der Waals surface area contributed by atoms with E-state index in [1.54, 1.807) is 0 Å². The maximum Gasteiger partial charge on any atom is 0.245 e. The molecule has 5 nitrogen and oxygen atoms in total. The molecule has 2 aliphatic heterocycles. The zero-order chi connectivity index (χ0) is 19.3. The number of ether oxygens (including phenoxy) is 1. The first-order valence-electron chi connectivity index (χ1n) is 11.8. The molecule has 6 fully saturated rings. The average molecular weight is 389 g/mol. The molecule has 0 aromatic rings. The Hall–Kier alpha value is -1.10. The monoisotopic (exact) mass is 388 g/mol. The van der Waals surface area contributed by atoms with E-state index < -0.39 is 0 Å². The summed E-state index contributed by atoms with van der Waals surface area (Å²) in [5, 5.41) is 0. The van der Waals surface area contributed by atoms with Gasteiger partial charge in [-0.2, -0.15) is 0 Å². The first kappa shape index (κ1) is 18.9. The number of nitrogens with zero attached hydrogens (tertiary/aromatic N) is 2. The highest BCUT2D eigenvalue weighted by Crippen LogP contribution is 2.60. The van der Waals surface area contributed by atoms with Gasteiger partial charge in [-0.05, 0) is 88.9 Å². The lowest BCUT2D eigenvalue weighted by Gasteiger charge is -2.56. The minimum atomic E-state index is -0.204. The van der Waals surface area contributed by atoms with E-state index in [9.17, 15) is 9.59 Å². The molecule has 4 bridgehead atoms. The summed E-state index contributed by atoms with van der Waals surface area (Å²) in [5.41, 5.74) is -0.125. The molecule has 2 saturated heterocycles. The third kappa shape index (κ3) is 3.18. The van der Waals surface area contributed by atoms with Gasteiger partial charge in [-0.15, -0.1) is 0 Å². The van der Waals surface area contributed by atoms with E-state index in [0.29, 0.717) is 12.0 Å². The van der Waals surface area contributed by atoms with Crippen molar-refractivity contribution in [2.75, 3.05) is 26.2 Å². The van der Waals surface area contributed by atoms with Gasteiger partial charge in [-0.1, -0.05) is 0 Å². The number of carbonyl (C=O) groups is 2. The van der Waals surface area contributed by atoms with Gasteiger partial charge in [0.15, 0.2) is 0 Å². The van der Waals surface area contributed by atoms with Crippen LogP contribution in [0, 0.1) is 23.2 Å². The minimum Gasteiger partial charge on any atom is -0.378 e. The van der Waals surface area contributed by atoms with Crippen LogP contribution in [0.5, 0.6) is 0 Å². The first-order valence-corrected chi connectivity index (χ1v) is 11.8. The second-order valence-corrected chi connectivity index (χ2v) is 10.3. The number of hydrogen-bond donors (Lipinski definition) is 0. The third-order valence-electron chi connectivity index (χ3n) is 8.45. The highest BCUT2D eigenvalue weighted by Gasteiger charge is 2.57. The van der Waals surface area contributed by atoms with Crippen LogP contribution in [0.1, 0.15) is 71.1 Å². The molecule has 0 aromatic carbocycles. The fourth-order valence-corrected chi connectivity index (χ4v) is 7.63. The molecule has 0 aromatic heterocycles. The number of rotatable bonds is 4. The number of carbonyl (C=O) groups excluding carboxylic acids is 2. The van der Waals surface area contributed by atoms with E-state index in [0.717, 1.165) is 88.9 Å². The Morgan fingerprint density at radius 2 is 1.54 bits per heavy atom. The summed E-state index contributed by atoms with van der Waals surface area (Å²) in [6, 6.07) is -0.204. The summed E-state index contributed by atoms with van der Waals surface area (Å²) in [6.45, 7) is 5.11. The minimum absolute atomic E-state index is 0.125. The molecule has 0 spiro atoms. The van der Waals surface area contributed by atoms with Gasteiger partial charge in [-0.3, -0.25) is 9.59 Å². The Kier molecular flexibility index (Phi) is 4.93. The molecule has 0 radical (unpaired) electrons. The van der Waals surface area contributed by atoms with Crippen LogP contribution >= 0.6 is 0 Å². The summed E-state index contributed by atoms with van der Waals surface area (Å²) < 4.78 is 5.73. The standard InChI is InChI=1S/C23H36N2O3/c1-2-28-19-5-8-24(9-6-19)21(26)20-4-3-7-25(20)22(27)23-13-16-10-17(14-23)12-18(11-16)15-23/h16-20H,2-15H2,1H3. The molecule has 4 saturated carbocycles. The zero-order valence-corrected chi connectivity index (χ0v) is 17.4. The van der Waals surface area contributed by atoms with Crippen LogP contribution in [0.15, 0.2) is 0 Å².